The Kier molecular flexibility index (Phi) is 4.55. The Morgan fingerprint density at radius 2 is 1.52 bits per heavy atom. The average Bonchev–Trinajstić information content (AvgIpc) is 2.54. The van der Waals surface area contributed by atoms with E-state index in [2.05, 4.69) is 5.10 Å². The van der Waals surface area contributed by atoms with Crippen molar-refractivity contribution in [2.75, 3.05) is 0 Å². The molecule has 3 nitrogen and oxygen atoms in total. The molecular weight excluding hydrogens is 328 g/mol. The van der Waals surface area contributed by atoms with Crippen molar-refractivity contribution < 1.29 is 0 Å². The molecule has 23 heavy (non-hydrogen) atoms. The Labute approximate surface area is 143 Å². The zero-order valence-electron chi connectivity index (χ0n) is 12.8. The van der Waals surface area contributed by atoms with Crippen LogP contribution in [0.5, 0.6) is 0 Å². The van der Waals surface area contributed by atoms with Crippen LogP contribution in [0.3, 0.4) is 0 Å². The molecule has 0 amide bonds. The molecule has 0 N–H and O–H groups in total. The molecule has 0 aliphatic rings. The minimum Gasteiger partial charge on any atom is -0.266 e. The van der Waals surface area contributed by atoms with Crippen LogP contribution in [0.4, 0.5) is 0 Å². The predicted octanol–water partition coefficient (Wildman–Crippen LogP) is 4.65. The van der Waals surface area contributed by atoms with Gasteiger partial charge in [0.2, 0.25) is 0 Å². The van der Waals surface area contributed by atoms with E-state index in [-0.39, 0.29) is 5.56 Å². The second-order valence-electron chi connectivity index (χ2n) is 5.29. The van der Waals surface area contributed by atoms with Crippen LogP contribution in [0.15, 0.2) is 69.3 Å². The van der Waals surface area contributed by atoms with Gasteiger partial charge in [-0.2, -0.15) is 9.78 Å². The normalized spacial score (nSPS) is 10.7. The van der Waals surface area contributed by atoms with E-state index in [0.717, 1.165) is 16.1 Å². The van der Waals surface area contributed by atoms with Crippen molar-refractivity contribution in [3.63, 3.8) is 0 Å². The minimum absolute atomic E-state index is 0.216. The van der Waals surface area contributed by atoms with Gasteiger partial charge in [0.15, 0.2) is 0 Å². The fourth-order valence-electron chi connectivity index (χ4n) is 2.10. The maximum atomic E-state index is 12.7. The van der Waals surface area contributed by atoms with Crippen molar-refractivity contribution in [2.45, 2.75) is 23.6 Å². The fourth-order valence-corrected chi connectivity index (χ4v) is 3.18. The Bertz CT molecular complexity index is 886. The van der Waals surface area contributed by atoms with Crippen molar-refractivity contribution in [1.82, 2.24) is 9.78 Å². The van der Waals surface area contributed by atoms with E-state index in [9.17, 15) is 4.79 Å². The molecule has 3 aromatic rings. The van der Waals surface area contributed by atoms with Crippen molar-refractivity contribution in [3.05, 3.63) is 81.2 Å². The average molecular weight is 343 g/mol. The standard InChI is InChI=1S/C18H15ClN2OS/c1-12-3-7-14(8-4-12)21-18(22)17(16(19)11-20-21)23-15-9-5-13(2)6-10-15/h3-11H,1-2H3. The number of benzene rings is 2. The lowest BCUT2D eigenvalue weighted by Gasteiger charge is -2.09. The van der Waals surface area contributed by atoms with Crippen molar-refractivity contribution in [1.29, 1.82) is 0 Å². The molecule has 116 valence electrons. The Morgan fingerprint density at radius 3 is 2.13 bits per heavy atom. The van der Waals surface area contributed by atoms with Gasteiger partial charge in [-0.3, -0.25) is 4.79 Å². The van der Waals surface area contributed by atoms with Gasteiger partial charge in [-0.05, 0) is 38.1 Å². The molecule has 0 spiro atoms. The maximum Gasteiger partial charge on any atom is 0.287 e. The summed E-state index contributed by atoms with van der Waals surface area (Å²) in [5.74, 6) is 0. The van der Waals surface area contributed by atoms with Gasteiger partial charge in [-0.1, -0.05) is 58.8 Å². The zero-order chi connectivity index (χ0) is 16.4. The monoisotopic (exact) mass is 342 g/mol. The SMILES string of the molecule is Cc1ccc(Sc2c(Cl)cnn(-c3ccc(C)cc3)c2=O)cc1. The highest BCUT2D eigenvalue weighted by atomic mass is 35.5. The van der Waals surface area contributed by atoms with E-state index in [1.54, 1.807) is 0 Å². The number of aryl methyl sites for hydroxylation is 2. The maximum absolute atomic E-state index is 12.7. The van der Waals surface area contributed by atoms with Crippen LogP contribution in [-0.4, -0.2) is 9.78 Å². The second-order valence-corrected chi connectivity index (χ2v) is 6.78. The molecule has 2 aromatic carbocycles. The number of hydrogen-bond donors (Lipinski definition) is 0. The Hall–Kier alpha value is -2.04. The van der Waals surface area contributed by atoms with Crippen LogP contribution in [-0.2, 0) is 0 Å². The molecule has 1 aromatic heterocycles. The summed E-state index contributed by atoms with van der Waals surface area (Å²) >= 11 is 7.55. The van der Waals surface area contributed by atoms with Gasteiger partial charge in [0.05, 0.1) is 21.8 Å². The van der Waals surface area contributed by atoms with Crippen LogP contribution in [0, 0.1) is 13.8 Å². The smallest absolute Gasteiger partial charge is 0.266 e. The highest BCUT2D eigenvalue weighted by Gasteiger charge is 2.13. The van der Waals surface area contributed by atoms with Gasteiger partial charge in [0.1, 0.15) is 0 Å². The largest absolute Gasteiger partial charge is 0.287 e. The molecule has 0 aliphatic heterocycles. The number of hydrogen-bond acceptors (Lipinski definition) is 3. The van der Waals surface area contributed by atoms with E-state index in [1.807, 2.05) is 62.4 Å². The number of halogens is 1. The third-order valence-corrected chi connectivity index (χ3v) is 4.91. The lowest BCUT2D eigenvalue weighted by molar-refractivity contribution is 0.781. The zero-order valence-corrected chi connectivity index (χ0v) is 14.4. The van der Waals surface area contributed by atoms with Crippen molar-refractivity contribution in [2.24, 2.45) is 0 Å². The lowest BCUT2D eigenvalue weighted by Crippen LogP contribution is -2.22. The van der Waals surface area contributed by atoms with Crippen LogP contribution < -0.4 is 5.56 Å². The Balaban J connectivity index is 2.03. The molecule has 5 heteroatoms. The summed E-state index contributed by atoms with van der Waals surface area (Å²) in [7, 11) is 0. The summed E-state index contributed by atoms with van der Waals surface area (Å²) in [5, 5.41) is 4.52. The summed E-state index contributed by atoms with van der Waals surface area (Å²) in [4.78, 5) is 14.2. The van der Waals surface area contributed by atoms with Gasteiger partial charge in [0.25, 0.3) is 5.56 Å². The predicted molar refractivity (Wildman–Crippen MR) is 94.9 cm³/mol. The molecule has 0 aliphatic carbocycles. The molecule has 0 saturated heterocycles. The molecule has 3 rings (SSSR count). The fraction of sp³-hybridized carbons (Fsp3) is 0.111. The first-order chi connectivity index (χ1) is 11.0. The van der Waals surface area contributed by atoms with E-state index < -0.39 is 0 Å². The number of aromatic nitrogens is 2. The first-order valence-corrected chi connectivity index (χ1v) is 8.33. The molecular formula is C18H15ClN2OS. The quantitative estimate of drug-likeness (QED) is 0.694. The summed E-state index contributed by atoms with van der Waals surface area (Å²) in [6.07, 6.45) is 1.51. The molecule has 0 bridgehead atoms. The van der Waals surface area contributed by atoms with Gasteiger partial charge in [-0.15, -0.1) is 0 Å². The third kappa shape index (κ3) is 3.49. The summed E-state index contributed by atoms with van der Waals surface area (Å²) in [6, 6.07) is 15.6. The summed E-state index contributed by atoms with van der Waals surface area (Å²) < 4.78 is 1.38. The summed E-state index contributed by atoms with van der Waals surface area (Å²) in [5.41, 5.74) is 2.81. The second kappa shape index (κ2) is 6.60. The third-order valence-electron chi connectivity index (χ3n) is 3.41. The number of nitrogens with zero attached hydrogens (tertiary/aromatic N) is 2. The van der Waals surface area contributed by atoms with Crippen LogP contribution in [0.1, 0.15) is 11.1 Å². The minimum atomic E-state index is -0.216. The van der Waals surface area contributed by atoms with Gasteiger partial charge < -0.3 is 0 Å². The molecule has 0 radical (unpaired) electrons. The van der Waals surface area contributed by atoms with E-state index >= 15 is 0 Å². The molecule has 0 saturated carbocycles. The molecule has 0 atom stereocenters. The van der Waals surface area contributed by atoms with Crippen LogP contribution in [0.2, 0.25) is 5.02 Å². The van der Waals surface area contributed by atoms with Crippen molar-refractivity contribution >= 4 is 23.4 Å². The first-order valence-electron chi connectivity index (χ1n) is 7.14. The topological polar surface area (TPSA) is 34.9 Å². The van der Waals surface area contributed by atoms with Gasteiger partial charge in [0, 0.05) is 4.90 Å². The lowest BCUT2D eigenvalue weighted by atomic mass is 10.2. The van der Waals surface area contributed by atoms with E-state index in [0.29, 0.717) is 9.92 Å². The highest BCUT2D eigenvalue weighted by Crippen LogP contribution is 2.30. The molecule has 0 unspecified atom stereocenters. The molecule has 0 fully saturated rings. The molecule has 1 heterocycles. The van der Waals surface area contributed by atoms with E-state index in [1.165, 1.54) is 28.2 Å². The van der Waals surface area contributed by atoms with E-state index in [4.69, 9.17) is 11.6 Å². The summed E-state index contributed by atoms with van der Waals surface area (Å²) in [6.45, 7) is 4.03. The van der Waals surface area contributed by atoms with Gasteiger partial charge in [-0.25, -0.2) is 0 Å². The van der Waals surface area contributed by atoms with Gasteiger partial charge >= 0.3 is 0 Å². The van der Waals surface area contributed by atoms with Crippen molar-refractivity contribution in [3.8, 4) is 5.69 Å². The van der Waals surface area contributed by atoms with Crippen LogP contribution >= 0.6 is 23.4 Å². The first kappa shape index (κ1) is 15.8. The number of rotatable bonds is 3. The highest BCUT2D eigenvalue weighted by molar-refractivity contribution is 7.99. The Morgan fingerprint density at radius 1 is 0.957 bits per heavy atom. The van der Waals surface area contributed by atoms with Crippen LogP contribution in [0.25, 0.3) is 5.69 Å².